The van der Waals surface area contributed by atoms with Gasteiger partial charge in [0.25, 0.3) is 0 Å². The van der Waals surface area contributed by atoms with Crippen LogP contribution in [0.15, 0.2) is 18.3 Å². The topological polar surface area (TPSA) is 76.2 Å². The fraction of sp³-hybridized carbons (Fsp3) is 0. The van der Waals surface area contributed by atoms with Crippen LogP contribution in [-0.2, 0) is 0 Å². The number of anilines is 1. The van der Waals surface area contributed by atoms with Gasteiger partial charge in [-0.3, -0.25) is 0 Å². The summed E-state index contributed by atoms with van der Waals surface area (Å²) in [6, 6.07) is 3.34. The van der Waals surface area contributed by atoms with Crippen LogP contribution in [-0.4, -0.2) is 16.1 Å². The minimum atomic E-state index is -0.930. The number of fused-ring (bicyclic) bond motifs is 1. The molecule has 13 heavy (non-hydrogen) atoms. The van der Waals surface area contributed by atoms with Crippen LogP contribution < -0.4 is 5.73 Å². The van der Waals surface area contributed by atoms with Crippen LogP contribution in [0.3, 0.4) is 0 Å². The van der Waals surface area contributed by atoms with Gasteiger partial charge in [0, 0.05) is 6.20 Å². The second-order valence-electron chi connectivity index (χ2n) is 2.53. The lowest BCUT2D eigenvalue weighted by atomic mass is 10.3. The summed E-state index contributed by atoms with van der Waals surface area (Å²) in [5.74, 6) is -0.546. The summed E-state index contributed by atoms with van der Waals surface area (Å²) in [6.45, 7) is 0. The smallest absolute Gasteiger partial charge is 0.345 e. The summed E-state index contributed by atoms with van der Waals surface area (Å²) in [5.41, 5.74) is 5.58. The number of hydrogen-bond donors (Lipinski definition) is 2. The highest BCUT2D eigenvalue weighted by Gasteiger charge is 2.09. The molecule has 0 spiro atoms. The lowest BCUT2D eigenvalue weighted by Crippen LogP contribution is -1.89. The number of nitrogens with zero attached hydrogens (tertiary/aromatic N) is 1. The van der Waals surface area contributed by atoms with Crippen LogP contribution >= 0.6 is 11.3 Å². The maximum Gasteiger partial charge on any atom is 0.345 e. The van der Waals surface area contributed by atoms with Gasteiger partial charge in [-0.2, -0.15) is 0 Å². The second kappa shape index (κ2) is 2.70. The molecule has 2 heterocycles. The predicted molar refractivity (Wildman–Crippen MR) is 51.0 cm³/mol. The number of aromatic nitrogens is 1. The summed E-state index contributed by atoms with van der Waals surface area (Å²) in [7, 11) is 0. The molecule has 0 saturated heterocycles. The quantitative estimate of drug-likeness (QED) is 0.722. The normalized spacial score (nSPS) is 10.5. The van der Waals surface area contributed by atoms with Crippen LogP contribution in [0.4, 0.5) is 5.82 Å². The Morgan fingerprint density at radius 2 is 2.38 bits per heavy atom. The maximum absolute atomic E-state index is 10.6. The Balaban J connectivity index is 2.75. The summed E-state index contributed by atoms with van der Waals surface area (Å²) in [4.78, 5) is 14.8. The fourth-order valence-electron chi connectivity index (χ4n) is 1.09. The van der Waals surface area contributed by atoms with Crippen molar-refractivity contribution in [2.24, 2.45) is 0 Å². The molecule has 0 atom stereocenters. The summed E-state index contributed by atoms with van der Waals surface area (Å²) in [6.07, 6.45) is 1.57. The molecule has 2 aromatic heterocycles. The van der Waals surface area contributed by atoms with Gasteiger partial charge in [-0.25, -0.2) is 9.78 Å². The fourth-order valence-corrected chi connectivity index (χ4v) is 1.99. The van der Waals surface area contributed by atoms with Crippen molar-refractivity contribution in [2.45, 2.75) is 0 Å². The average molecular weight is 194 g/mol. The van der Waals surface area contributed by atoms with E-state index < -0.39 is 5.97 Å². The molecule has 5 heteroatoms. The number of thiophene rings is 1. The Morgan fingerprint density at radius 3 is 3.00 bits per heavy atom. The molecule has 0 aliphatic heterocycles. The van der Waals surface area contributed by atoms with E-state index in [1.807, 2.05) is 0 Å². The van der Waals surface area contributed by atoms with E-state index in [-0.39, 0.29) is 4.88 Å². The first-order valence-corrected chi connectivity index (χ1v) is 4.37. The molecule has 0 aromatic carbocycles. The van der Waals surface area contributed by atoms with E-state index in [1.54, 1.807) is 18.3 Å². The number of rotatable bonds is 1. The van der Waals surface area contributed by atoms with E-state index in [0.717, 1.165) is 21.4 Å². The Labute approximate surface area is 77.6 Å². The number of aromatic carboxylic acids is 1. The lowest BCUT2D eigenvalue weighted by Gasteiger charge is -1.90. The zero-order chi connectivity index (χ0) is 9.42. The van der Waals surface area contributed by atoms with Gasteiger partial charge in [-0.05, 0) is 17.5 Å². The zero-order valence-electron chi connectivity index (χ0n) is 6.52. The van der Waals surface area contributed by atoms with Crippen molar-refractivity contribution in [1.82, 2.24) is 4.98 Å². The SMILES string of the molecule is Nc1nccc2cc(C(=O)O)sc12. The number of carbonyl (C=O) groups is 1. The van der Waals surface area contributed by atoms with Gasteiger partial charge in [-0.15, -0.1) is 11.3 Å². The number of carboxylic acids is 1. The molecular formula is C8H6N2O2S. The van der Waals surface area contributed by atoms with Gasteiger partial charge in [-0.1, -0.05) is 0 Å². The Bertz CT molecular complexity index is 478. The number of nitrogens with two attached hydrogens (primary N) is 1. The summed E-state index contributed by atoms with van der Waals surface area (Å²) in [5, 5.41) is 9.55. The minimum absolute atomic E-state index is 0.287. The van der Waals surface area contributed by atoms with Crippen LogP contribution in [0, 0.1) is 0 Å². The van der Waals surface area contributed by atoms with Gasteiger partial charge in [0.1, 0.15) is 10.7 Å². The van der Waals surface area contributed by atoms with Crippen molar-refractivity contribution >= 4 is 33.2 Å². The van der Waals surface area contributed by atoms with Crippen molar-refractivity contribution in [3.05, 3.63) is 23.2 Å². The van der Waals surface area contributed by atoms with E-state index in [1.165, 1.54) is 0 Å². The van der Waals surface area contributed by atoms with Crippen molar-refractivity contribution in [3.63, 3.8) is 0 Å². The highest BCUT2D eigenvalue weighted by atomic mass is 32.1. The third-order valence-electron chi connectivity index (χ3n) is 1.67. The highest BCUT2D eigenvalue weighted by molar-refractivity contribution is 7.21. The average Bonchev–Trinajstić information content (AvgIpc) is 2.49. The van der Waals surface area contributed by atoms with Gasteiger partial charge in [0.15, 0.2) is 0 Å². The van der Waals surface area contributed by atoms with E-state index in [0.29, 0.717) is 5.82 Å². The van der Waals surface area contributed by atoms with Crippen molar-refractivity contribution < 1.29 is 9.90 Å². The first-order valence-electron chi connectivity index (χ1n) is 3.56. The van der Waals surface area contributed by atoms with Gasteiger partial charge in [0.05, 0.1) is 4.70 Å². The third-order valence-corrected chi connectivity index (χ3v) is 2.83. The van der Waals surface area contributed by atoms with Crippen LogP contribution in [0.2, 0.25) is 0 Å². The molecule has 0 fully saturated rings. The standard InChI is InChI=1S/C8H6N2O2S/c9-7-6-4(1-2-10-7)3-5(13-6)8(11)12/h1-3H,(H2,9,10)(H,11,12). The third kappa shape index (κ3) is 1.23. The van der Waals surface area contributed by atoms with Crippen LogP contribution in [0.5, 0.6) is 0 Å². The molecule has 0 bridgehead atoms. The minimum Gasteiger partial charge on any atom is -0.477 e. The molecule has 0 unspecified atom stereocenters. The maximum atomic E-state index is 10.6. The van der Waals surface area contributed by atoms with E-state index in [9.17, 15) is 4.79 Å². The number of pyridine rings is 1. The van der Waals surface area contributed by atoms with Gasteiger partial charge < -0.3 is 10.8 Å². The van der Waals surface area contributed by atoms with Crippen molar-refractivity contribution in [2.75, 3.05) is 5.73 Å². The Kier molecular flexibility index (Phi) is 1.66. The van der Waals surface area contributed by atoms with Gasteiger partial charge >= 0.3 is 5.97 Å². The van der Waals surface area contributed by atoms with Gasteiger partial charge in [0.2, 0.25) is 0 Å². The molecule has 2 aromatic rings. The molecule has 0 saturated carbocycles. The van der Waals surface area contributed by atoms with Crippen molar-refractivity contribution in [3.8, 4) is 0 Å². The number of nitrogen functional groups attached to an aromatic ring is 1. The monoisotopic (exact) mass is 194 g/mol. The largest absolute Gasteiger partial charge is 0.477 e. The zero-order valence-corrected chi connectivity index (χ0v) is 7.34. The van der Waals surface area contributed by atoms with Crippen LogP contribution in [0.25, 0.3) is 10.1 Å². The van der Waals surface area contributed by atoms with E-state index in [4.69, 9.17) is 10.8 Å². The molecular weight excluding hydrogens is 188 g/mol. The molecule has 4 nitrogen and oxygen atoms in total. The highest BCUT2D eigenvalue weighted by Crippen LogP contribution is 2.28. The Hall–Kier alpha value is -1.62. The number of hydrogen-bond acceptors (Lipinski definition) is 4. The molecule has 0 aliphatic carbocycles. The molecule has 0 aliphatic rings. The Morgan fingerprint density at radius 1 is 1.62 bits per heavy atom. The first kappa shape index (κ1) is 8.00. The van der Waals surface area contributed by atoms with Crippen LogP contribution in [0.1, 0.15) is 9.67 Å². The second-order valence-corrected chi connectivity index (χ2v) is 3.58. The first-order chi connectivity index (χ1) is 6.18. The predicted octanol–water partition coefficient (Wildman–Crippen LogP) is 1.58. The van der Waals surface area contributed by atoms with E-state index >= 15 is 0 Å². The molecule has 2 rings (SSSR count). The van der Waals surface area contributed by atoms with E-state index in [2.05, 4.69) is 4.98 Å². The number of carboxylic acid groups (broad SMARTS) is 1. The molecule has 3 N–H and O–H groups in total. The molecule has 0 amide bonds. The molecule has 0 radical (unpaired) electrons. The summed E-state index contributed by atoms with van der Waals surface area (Å²) >= 11 is 1.14. The van der Waals surface area contributed by atoms with Crippen molar-refractivity contribution in [1.29, 1.82) is 0 Å². The molecule has 66 valence electrons. The summed E-state index contributed by atoms with van der Waals surface area (Å²) < 4.78 is 0.736. The lowest BCUT2D eigenvalue weighted by molar-refractivity contribution is 0.0702.